The van der Waals surface area contributed by atoms with E-state index in [9.17, 15) is 4.79 Å². The Morgan fingerprint density at radius 3 is 2.48 bits per heavy atom. The molecule has 2 N–H and O–H groups in total. The maximum atomic E-state index is 12.1. The second-order valence-corrected chi connectivity index (χ2v) is 6.50. The largest absolute Gasteiger partial charge is 0.496 e. The third-order valence-electron chi connectivity index (χ3n) is 4.67. The first-order valence-electron chi connectivity index (χ1n) is 9.02. The molecule has 0 spiro atoms. The van der Waals surface area contributed by atoms with Crippen LogP contribution in [0.25, 0.3) is 0 Å². The average Bonchev–Trinajstić information content (AvgIpc) is 2.57. The number of amides is 1. The molecule has 1 saturated heterocycles. The third kappa shape index (κ3) is 5.74. The van der Waals surface area contributed by atoms with Crippen LogP contribution in [-0.2, 0) is 4.79 Å². The van der Waals surface area contributed by atoms with Crippen LogP contribution in [0.5, 0.6) is 11.5 Å². The zero-order valence-corrected chi connectivity index (χ0v) is 15.6. The maximum absolute atomic E-state index is 12.1. The van der Waals surface area contributed by atoms with Crippen molar-refractivity contribution in [3.8, 4) is 11.5 Å². The van der Waals surface area contributed by atoms with Crippen molar-refractivity contribution in [3.05, 3.63) is 23.3 Å². The Kier molecular flexibility index (Phi) is 7.73. The first-order chi connectivity index (χ1) is 12.2. The van der Waals surface area contributed by atoms with Gasteiger partial charge in [0, 0.05) is 11.1 Å². The highest BCUT2D eigenvalue weighted by molar-refractivity contribution is 5.86. The Hall–Kier alpha value is -2.08. The van der Waals surface area contributed by atoms with Crippen LogP contribution in [0.2, 0.25) is 0 Å². The summed E-state index contributed by atoms with van der Waals surface area (Å²) in [5.74, 6) is 1.42. The smallest absolute Gasteiger partial charge is 0.295 e. The quantitative estimate of drug-likeness (QED) is 0.602. The lowest BCUT2D eigenvalue weighted by Gasteiger charge is -2.20. The minimum absolute atomic E-state index is 0.0453. The van der Waals surface area contributed by atoms with Crippen molar-refractivity contribution in [1.82, 2.24) is 5.43 Å². The predicted molar refractivity (Wildman–Crippen MR) is 98.7 cm³/mol. The fraction of sp³-hybridized carbons (Fsp3) is 0.579. The number of nitrogens with one attached hydrogen (secondary N) is 2. The molecule has 6 heteroatoms. The van der Waals surface area contributed by atoms with Gasteiger partial charge in [0.15, 0.2) is 6.54 Å². The summed E-state index contributed by atoms with van der Waals surface area (Å²) >= 11 is 0. The molecular weight excluding hydrogens is 318 g/mol. The lowest BCUT2D eigenvalue weighted by molar-refractivity contribution is -0.893. The molecule has 6 nitrogen and oxygen atoms in total. The average molecular weight is 348 g/mol. The molecule has 25 heavy (non-hydrogen) atoms. The van der Waals surface area contributed by atoms with E-state index in [2.05, 4.69) is 10.5 Å². The highest BCUT2D eigenvalue weighted by Crippen LogP contribution is 2.30. The van der Waals surface area contributed by atoms with Gasteiger partial charge in [-0.2, -0.15) is 5.10 Å². The van der Waals surface area contributed by atoms with Crippen molar-refractivity contribution in [2.45, 2.75) is 39.0 Å². The van der Waals surface area contributed by atoms with E-state index in [4.69, 9.17) is 9.47 Å². The van der Waals surface area contributed by atoms with Gasteiger partial charge in [0.25, 0.3) is 5.91 Å². The molecule has 0 unspecified atom stereocenters. The molecule has 0 aromatic heterocycles. The van der Waals surface area contributed by atoms with Gasteiger partial charge in [0.1, 0.15) is 11.5 Å². The van der Waals surface area contributed by atoms with Gasteiger partial charge < -0.3 is 14.4 Å². The summed E-state index contributed by atoms with van der Waals surface area (Å²) in [6, 6.07) is 3.73. The molecule has 1 aliphatic rings. The van der Waals surface area contributed by atoms with Crippen molar-refractivity contribution >= 4 is 12.1 Å². The number of hydrazone groups is 1. The Labute approximate surface area is 150 Å². The zero-order valence-electron chi connectivity index (χ0n) is 15.6. The van der Waals surface area contributed by atoms with Crippen LogP contribution in [-0.4, -0.2) is 46.0 Å². The molecule has 1 aliphatic heterocycles. The van der Waals surface area contributed by atoms with Gasteiger partial charge in [0.2, 0.25) is 0 Å². The van der Waals surface area contributed by atoms with Crippen molar-refractivity contribution in [2.24, 2.45) is 5.10 Å². The number of methoxy groups -OCH3 is 2. The van der Waals surface area contributed by atoms with Crippen molar-refractivity contribution in [2.75, 3.05) is 33.9 Å². The number of hydrogen-bond acceptors (Lipinski definition) is 4. The topological polar surface area (TPSA) is 64.4 Å². The van der Waals surface area contributed by atoms with Crippen LogP contribution in [0.4, 0.5) is 0 Å². The van der Waals surface area contributed by atoms with Gasteiger partial charge in [-0.3, -0.25) is 4.79 Å². The standard InChI is InChI=1S/C19H29N3O3/c1-15-17(24-2)10-9-16(19(15)25-3)13-20-21-18(23)14-22-11-7-5-4-6-8-12-22/h9-10,13H,4-8,11-12,14H2,1-3H3,(H,21,23)/p+1/b20-13-. The van der Waals surface area contributed by atoms with Crippen molar-refractivity contribution < 1.29 is 19.2 Å². The number of carbonyl (C=O) groups excluding carboxylic acids is 1. The van der Waals surface area contributed by atoms with Crippen LogP contribution >= 0.6 is 0 Å². The summed E-state index contributed by atoms with van der Waals surface area (Å²) in [7, 11) is 3.24. The van der Waals surface area contributed by atoms with Crippen LogP contribution in [0.15, 0.2) is 17.2 Å². The molecule has 1 fully saturated rings. The summed E-state index contributed by atoms with van der Waals surface area (Å²) in [5.41, 5.74) is 4.35. The molecule has 2 rings (SSSR count). The first-order valence-corrected chi connectivity index (χ1v) is 9.02. The van der Waals surface area contributed by atoms with Gasteiger partial charge in [0.05, 0.1) is 33.5 Å². The maximum Gasteiger partial charge on any atom is 0.295 e. The normalized spacial score (nSPS) is 16.3. The Morgan fingerprint density at radius 2 is 1.84 bits per heavy atom. The molecule has 1 heterocycles. The third-order valence-corrected chi connectivity index (χ3v) is 4.67. The first kappa shape index (κ1) is 19.2. The molecule has 0 atom stereocenters. The molecular formula is C19H30N3O3+. The van der Waals surface area contributed by atoms with Crippen LogP contribution in [0.1, 0.15) is 43.2 Å². The molecule has 0 bridgehead atoms. The fourth-order valence-corrected chi connectivity index (χ4v) is 3.31. The van der Waals surface area contributed by atoms with Crippen LogP contribution in [0, 0.1) is 6.92 Å². The minimum Gasteiger partial charge on any atom is -0.496 e. The Morgan fingerprint density at radius 1 is 1.16 bits per heavy atom. The highest BCUT2D eigenvalue weighted by atomic mass is 16.5. The summed E-state index contributed by atoms with van der Waals surface area (Å²) in [6.45, 7) is 4.56. The number of ether oxygens (including phenoxy) is 2. The zero-order chi connectivity index (χ0) is 18.1. The van der Waals surface area contributed by atoms with E-state index >= 15 is 0 Å². The molecule has 1 aromatic carbocycles. The van der Waals surface area contributed by atoms with E-state index in [1.54, 1.807) is 20.4 Å². The Balaban J connectivity index is 1.91. The Bertz CT molecular complexity index is 594. The molecule has 0 saturated carbocycles. The number of rotatable bonds is 6. The number of hydrogen-bond donors (Lipinski definition) is 2. The van der Waals surface area contributed by atoms with Crippen molar-refractivity contribution in [3.63, 3.8) is 0 Å². The predicted octanol–water partition coefficient (Wildman–Crippen LogP) is 1.31. The fourth-order valence-electron chi connectivity index (χ4n) is 3.31. The second-order valence-electron chi connectivity index (χ2n) is 6.50. The monoisotopic (exact) mass is 348 g/mol. The number of nitrogens with zero attached hydrogens (tertiary/aromatic N) is 1. The van der Waals surface area contributed by atoms with Crippen molar-refractivity contribution in [1.29, 1.82) is 0 Å². The molecule has 1 aromatic rings. The molecule has 0 aliphatic carbocycles. The van der Waals surface area contributed by atoms with Gasteiger partial charge >= 0.3 is 0 Å². The van der Waals surface area contributed by atoms with E-state index in [0.717, 1.165) is 30.0 Å². The second kappa shape index (κ2) is 10.0. The van der Waals surface area contributed by atoms with Crippen LogP contribution in [0.3, 0.4) is 0 Å². The summed E-state index contributed by atoms with van der Waals surface area (Å²) in [4.78, 5) is 13.5. The highest BCUT2D eigenvalue weighted by Gasteiger charge is 2.15. The van der Waals surface area contributed by atoms with Gasteiger partial charge in [-0.15, -0.1) is 0 Å². The minimum atomic E-state index is -0.0453. The number of quaternary nitrogens is 1. The summed E-state index contributed by atoms with van der Waals surface area (Å²) in [6.07, 6.45) is 7.90. The molecule has 0 radical (unpaired) electrons. The number of likely N-dealkylation sites (tertiary alicyclic amines) is 1. The molecule has 138 valence electrons. The number of benzene rings is 1. The summed E-state index contributed by atoms with van der Waals surface area (Å²) in [5, 5.41) is 4.10. The van der Waals surface area contributed by atoms with E-state index in [1.165, 1.54) is 37.0 Å². The lowest BCUT2D eigenvalue weighted by Crippen LogP contribution is -3.13. The molecule has 1 amide bonds. The number of carbonyl (C=O) groups is 1. The van der Waals surface area contributed by atoms with E-state index in [0.29, 0.717) is 12.3 Å². The van der Waals surface area contributed by atoms with Gasteiger partial charge in [-0.1, -0.05) is 6.42 Å². The SMILES string of the molecule is COc1ccc(/C=N\NC(=O)C[NH+]2CCCCCCC2)c(OC)c1C. The summed E-state index contributed by atoms with van der Waals surface area (Å²) < 4.78 is 10.7. The lowest BCUT2D eigenvalue weighted by atomic mass is 10.1. The van der Waals surface area contributed by atoms with Gasteiger partial charge in [-0.25, -0.2) is 5.43 Å². The van der Waals surface area contributed by atoms with E-state index < -0.39 is 0 Å². The van der Waals surface area contributed by atoms with E-state index in [-0.39, 0.29) is 5.91 Å². The van der Waals surface area contributed by atoms with E-state index in [1.807, 2.05) is 19.1 Å². The van der Waals surface area contributed by atoms with Gasteiger partial charge in [-0.05, 0) is 44.7 Å². The van der Waals surface area contributed by atoms with Crippen LogP contribution < -0.4 is 19.8 Å².